The quantitative estimate of drug-likeness (QED) is 0.362. The number of hydrogen-bond acceptors (Lipinski definition) is 3. The van der Waals surface area contributed by atoms with Crippen LogP contribution in [0.4, 0.5) is 0 Å². The van der Waals surface area contributed by atoms with Gasteiger partial charge in [-0.15, -0.1) is 0 Å². The van der Waals surface area contributed by atoms with Gasteiger partial charge >= 0.3 is 8.60 Å². The van der Waals surface area contributed by atoms with Crippen LogP contribution in [0.5, 0.6) is 5.75 Å². The Labute approximate surface area is 181 Å². The van der Waals surface area contributed by atoms with Crippen LogP contribution in [-0.4, -0.2) is 9.79 Å². The van der Waals surface area contributed by atoms with E-state index in [2.05, 4.69) is 57.2 Å². The van der Waals surface area contributed by atoms with Gasteiger partial charge in [-0.25, -0.2) is 0 Å². The molecule has 0 atom stereocenters. The molecule has 0 aliphatic rings. The Balaban J connectivity index is 2.47. The molecule has 3 nitrogen and oxygen atoms in total. The molecule has 0 unspecified atom stereocenters. The molecule has 0 aliphatic carbocycles. The van der Waals surface area contributed by atoms with Crippen molar-refractivity contribution in [1.29, 1.82) is 0 Å². The molecule has 0 aliphatic heterocycles. The largest absolute Gasteiger partial charge is 0.426 e. The van der Waals surface area contributed by atoms with Crippen molar-refractivity contribution in [2.24, 2.45) is 0 Å². The minimum Gasteiger partial charge on any atom is -0.426 e. The van der Waals surface area contributed by atoms with Crippen LogP contribution in [0.1, 0.15) is 50.3 Å². The summed E-state index contributed by atoms with van der Waals surface area (Å²) in [5.74, 6) is 0.627. The van der Waals surface area contributed by atoms with Crippen LogP contribution >= 0.6 is 8.60 Å². The van der Waals surface area contributed by atoms with E-state index in [-0.39, 0.29) is 0 Å². The lowest BCUT2D eigenvalue weighted by Crippen LogP contribution is -2.07. The molecule has 0 aromatic heterocycles. The summed E-state index contributed by atoms with van der Waals surface area (Å²) >= 11 is 0. The smallest absolute Gasteiger partial charge is 0.391 e. The Morgan fingerprint density at radius 3 is 1.70 bits per heavy atom. The monoisotopic (exact) mass is 422 g/mol. The summed E-state index contributed by atoms with van der Waals surface area (Å²) in [5, 5.41) is 0. The number of hydrogen-bond donors (Lipinski definition) is 2. The topological polar surface area (TPSA) is 49.7 Å². The van der Waals surface area contributed by atoms with E-state index in [0.717, 1.165) is 48.8 Å². The summed E-state index contributed by atoms with van der Waals surface area (Å²) in [4.78, 5) is 19.6. The number of unbranched alkanes of at least 4 members (excludes halogenated alkanes) is 1. The van der Waals surface area contributed by atoms with Crippen LogP contribution in [0.2, 0.25) is 0 Å². The molecule has 0 saturated heterocycles. The highest BCUT2D eigenvalue weighted by molar-refractivity contribution is 7.39. The first-order valence-electron chi connectivity index (χ1n) is 10.8. The van der Waals surface area contributed by atoms with Gasteiger partial charge in [0.25, 0.3) is 0 Å². The molecule has 30 heavy (non-hydrogen) atoms. The van der Waals surface area contributed by atoms with E-state index >= 15 is 0 Å². The van der Waals surface area contributed by atoms with Gasteiger partial charge in [0.1, 0.15) is 5.75 Å². The second kappa shape index (κ2) is 10.7. The Kier molecular flexibility index (Phi) is 8.04. The summed E-state index contributed by atoms with van der Waals surface area (Å²) in [6, 6.07) is 20.7. The molecule has 158 valence electrons. The molecule has 0 amide bonds. The Morgan fingerprint density at radius 1 is 0.700 bits per heavy atom. The molecule has 0 fully saturated rings. The van der Waals surface area contributed by atoms with Crippen molar-refractivity contribution in [2.45, 2.75) is 52.9 Å². The van der Waals surface area contributed by atoms with E-state index in [0.29, 0.717) is 5.75 Å². The first kappa shape index (κ1) is 22.5. The van der Waals surface area contributed by atoms with Gasteiger partial charge in [0.2, 0.25) is 0 Å². The van der Waals surface area contributed by atoms with Crippen molar-refractivity contribution in [3.8, 4) is 28.0 Å². The highest BCUT2D eigenvalue weighted by atomic mass is 31.2. The average Bonchev–Trinajstić information content (AvgIpc) is 2.77. The molecule has 0 saturated carbocycles. The zero-order chi connectivity index (χ0) is 21.5. The number of rotatable bonds is 9. The molecule has 0 radical (unpaired) electrons. The fourth-order valence-corrected chi connectivity index (χ4v) is 4.66. The minimum atomic E-state index is -2.51. The van der Waals surface area contributed by atoms with Gasteiger partial charge < -0.3 is 14.3 Å². The lowest BCUT2D eigenvalue weighted by molar-refractivity contribution is 0.374. The highest BCUT2D eigenvalue weighted by Gasteiger charge is 2.26. The lowest BCUT2D eigenvalue weighted by Gasteiger charge is -2.26. The van der Waals surface area contributed by atoms with Gasteiger partial charge in [-0.3, -0.25) is 0 Å². The van der Waals surface area contributed by atoms with E-state index in [1.165, 1.54) is 22.3 Å². The maximum atomic E-state index is 9.81. The summed E-state index contributed by atoms with van der Waals surface area (Å²) < 4.78 is 5.75. The molecule has 3 rings (SSSR count). The standard InChI is InChI=1S/C26H31O3P/c1-4-7-18-23-24(19-14-10-8-11-15-19)21(5-2)22(6-3)26(29-30(27)28)25(23)20-16-12-9-13-17-20/h8-17,27-28H,4-7,18H2,1-3H3. The van der Waals surface area contributed by atoms with Gasteiger partial charge in [0.15, 0.2) is 0 Å². The van der Waals surface area contributed by atoms with Crippen molar-refractivity contribution < 1.29 is 14.3 Å². The van der Waals surface area contributed by atoms with E-state index in [4.69, 9.17) is 4.52 Å². The molecule has 0 heterocycles. The summed E-state index contributed by atoms with van der Waals surface area (Å²) in [6.07, 6.45) is 4.67. The van der Waals surface area contributed by atoms with Crippen molar-refractivity contribution in [2.75, 3.05) is 0 Å². The molecular weight excluding hydrogens is 391 g/mol. The summed E-state index contributed by atoms with van der Waals surface area (Å²) in [7, 11) is -2.51. The Morgan fingerprint density at radius 2 is 1.23 bits per heavy atom. The molecule has 0 bridgehead atoms. The van der Waals surface area contributed by atoms with Gasteiger partial charge in [-0.2, -0.15) is 0 Å². The second-order valence-electron chi connectivity index (χ2n) is 7.40. The molecule has 4 heteroatoms. The third-order valence-electron chi connectivity index (χ3n) is 5.56. The van der Waals surface area contributed by atoms with Crippen LogP contribution in [0, 0.1) is 0 Å². The zero-order valence-corrected chi connectivity index (χ0v) is 19.0. The molecule has 0 spiro atoms. The first-order valence-corrected chi connectivity index (χ1v) is 12.0. The molecule has 3 aromatic rings. The Hall–Kier alpha value is -2.19. The van der Waals surface area contributed by atoms with E-state index in [9.17, 15) is 9.79 Å². The number of benzene rings is 3. The third-order valence-corrected chi connectivity index (χ3v) is 5.90. The first-order chi connectivity index (χ1) is 14.6. The third kappa shape index (κ3) is 4.75. The van der Waals surface area contributed by atoms with Crippen molar-refractivity contribution in [1.82, 2.24) is 0 Å². The van der Waals surface area contributed by atoms with Crippen molar-refractivity contribution in [3.05, 3.63) is 77.4 Å². The molecule has 2 N–H and O–H groups in total. The normalized spacial score (nSPS) is 11.1. The van der Waals surface area contributed by atoms with Gasteiger partial charge in [0, 0.05) is 5.56 Å². The maximum Gasteiger partial charge on any atom is 0.391 e. The predicted molar refractivity (Wildman–Crippen MR) is 127 cm³/mol. The van der Waals surface area contributed by atoms with E-state index in [1.54, 1.807) is 0 Å². The molecule has 3 aromatic carbocycles. The van der Waals surface area contributed by atoms with E-state index in [1.807, 2.05) is 24.3 Å². The summed E-state index contributed by atoms with van der Waals surface area (Å²) in [5.41, 5.74) is 8.05. The van der Waals surface area contributed by atoms with Crippen LogP contribution in [-0.2, 0) is 19.3 Å². The van der Waals surface area contributed by atoms with Crippen molar-refractivity contribution in [3.63, 3.8) is 0 Å². The SMILES string of the molecule is CCCCc1c(-c2ccccc2)c(CC)c(CC)c(OP(O)O)c1-c1ccccc1. The van der Waals surface area contributed by atoms with Crippen LogP contribution in [0.25, 0.3) is 22.3 Å². The predicted octanol–water partition coefficient (Wildman–Crippen LogP) is 7.08. The minimum absolute atomic E-state index is 0.627. The fraction of sp³-hybridized carbons (Fsp3) is 0.308. The van der Waals surface area contributed by atoms with Crippen molar-refractivity contribution >= 4 is 8.60 Å². The van der Waals surface area contributed by atoms with Crippen LogP contribution in [0.15, 0.2) is 60.7 Å². The average molecular weight is 423 g/mol. The Bertz CT molecular complexity index is 953. The lowest BCUT2D eigenvalue weighted by atomic mass is 9.81. The zero-order valence-electron chi connectivity index (χ0n) is 18.1. The van der Waals surface area contributed by atoms with Crippen LogP contribution in [0.3, 0.4) is 0 Å². The highest BCUT2D eigenvalue weighted by Crippen LogP contribution is 2.48. The van der Waals surface area contributed by atoms with Gasteiger partial charge in [0.05, 0.1) is 0 Å². The fourth-order valence-electron chi connectivity index (χ4n) is 4.30. The van der Waals surface area contributed by atoms with Gasteiger partial charge in [-0.05, 0) is 59.1 Å². The maximum absolute atomic E-state index is 9.81. The van der Waals surface area contributed by atoms with E-state index < -0.39 is 8.60 Å². The molecular formula is C26H31O3P. The second-order valence-corrected chi connectivity index (χ2v) is 8.09. The van der Waals surface area contributed by atoms with Crippen LogP contribution < -0.4 is 4.52 Å². The van der Waals surface area contributed by atoms with Gasteiger partial charge in [-0.1, -0.05) is 87.9 Å². The summed E-state index contributed by atoms with van der Waals surface area (Å²) in [6.45, 7) is 6.47.